The number of nitrogens with one attached hydrogen (secondary N) is 1. The van der Waals surface area contributed by atoms with E-state index in [1.165, 1.54) is 12.4 Å². The highest BCUT2D eigenvalue weighted by Crippen LogP contribution is 2.22. The van der Waals surface area contributed by atoms with Crippen LogP contribution in [0.3, 0.4) is 0 Å². The number of aromatic nitrogens is 4. The first-order valence-electron chi connectivity index (χ1n) is 7.89. The second-order valence-electron chi connectivity index (χ2n) is 5.69. The molecule has 2 aromatic heterocycles. The van der Waals surface area contributed by atoms with Gasteiger partial charge in [-0.05, 0) is 17.7 Å². The topological polar surface area (TPSA) is 159 Å². The van der Waals surface area contributed by atoms with E-state index in [1.807, 2.05) is 0 Å². The third-order valence-electron chi connectivity index (χ3n) is 3.33. The van der Waals surface area contributed by atoms with Crippen molar-refractivity contribution in [3.05, 3.63) is 59.0 Å². The van der Waals surface area contributed by atoms with Crippen LogP contribution in [-0.2, 0) is 22.3 Å². The number of nitrogen functional groups attached to an aromatic ring is 1. The maximum Gasteiger partial charge on any atom is 0.224 e. The molecule has 0 spiro atoms. The number of nitrogens with zero attached hydrogens (tertiary/aromatic N) is 4. The quantitative estimate of drug-likeness (QED) is 0.515. The van der Waals surface area contributed by atoms with Crippen molar-refractivity contribution < 1.29 is 13.2 Å². The van der Waals surface area contributed by atoms with Crippen molar-refractivity contribution in [2.24, 2.45) is 5.14 Å². The zero-order chi connectivity index (χ0) is 20.1. The molecule has 0 amide bonds. The molecule has 3 aromatic rings. The lowest BCUT2D eigenvalue weighted by molar-refractivity contribution is 0.461. The Morgan fingerprint density at radius 3 is 2.43 bits per heavy atom. The van der Waals surface area contributed by atoms with Crippen molar-refractivity contribution in [2.75, 3.05) is 11.1 Å². The number of sulfonamides is 1. The molecule has 1 aromatic carbocycles. The Morgan fingerprint density at radius 2 is 1.79 bits per heavy atom. The Bertz CT molecular complexity index is 1060. The average molecular weight is 422 g/mol. The molecule has 0 saturated carbocycles. The molecule has 3 rings (SSSR count). The van der Waals surface area contributed by atoms with E-state index >= 15 is 0 Å². The molecule has 12 heteroatoms. The number of hydrogen-bond donors (Lipinski definition) is 3. The van der Waals surface area contributed by atoms with Crippen LogP contribution in [0.1, 0.15) is 11.3 Å². The Hall–Kier alpha value is -3.02. The van der Waals surface area contributed by atoms with Gasteiger partial charge in [0.1, 0.15) is 5.75 Å². The zero-order valence-corrected chi connectivity index (χ0v) is 16.0. The number of rotatable bonds is 7. The van der Waals surface area contributed by atoms with Crippen LogP contribution in [0.25, 0.3) is 0 Å². The van der Waals surface area contributed by atoms with Gasteiger partial charge in [0.2, 0.25) is 27.8 Å². The maximum atomic E-state index is 11.1. The van der Waals surface area contributed by atoms with Gasteiger partial charge in [-0.1, -0.05) is 23.7 Å². The number of nitrogens with two attached hydrogens (primary N) is 2. The van der Waals surface area contributed by atoms with E-state index < -0.39 is 10.0 Å². The molecule has 0 radical (unpaired) electrons. The Balaban J connectivity index is 1.68. The highest BCUT2D eigenvalue weighted by Gasteiger charge is 2.08. The van der Waals surface area contributed by atoms with Crippen molar-refractivity contribution in [3.63, 3.8) is 0 Å². The molecule has 0 aliphatic heterocycles. The molecule has 0 aliphatic rings. The van der Waals surface area contributed by atoms with Crippen LogP contribution in [0.5, 0.6) is 11.6 Å². The van der Waals surface area contributed by atoms with Crippen LogP contribution < -0.4 is 20.9 Å². The van der Waals surface area contributed by atoms with Crippen molar-refractivity contribution in [1.29, 1.82) is 0 Å². The van der Waals surface area contributed by atoms with E-state index in [4.69, 9.17) is 27.2 Å². The first-order valence-corrected chi connectivity index (χ1v) is 9.98. The van der Waals surface area contributed by atoms with Crippen molar-refractivity contribution in [1.82, 2.24) is 19.9 Å². The summed E-state index contributed by atoms with van der Waals surface area (Å²) < 4.78 is 27.9. The van der Waals surface area contributed by atoms with E-state index in [-0.39, 0.29) is 24.1 Å². The summed E-state index contributed by atoms with van der Waals surface area (Å²) in [6, 6.07) is 8.03. The Kier molecular flexibility index (Phi) is 5.87. The van der Waals surface area contributed by atoms with Gasteiger partial charge in [0, 0.05) is 6.07 Å². The summed E-state index contributed by atoms with van der Waals surface area (Å²) in [6.07, 6.45) is 2.94. The fourth-order valence-corrected chi connectivity index (χ4v) is 2.97. The van der Waals surface area contributed by atoms with E-state index in [2.05, 4.69) is 25.3 Å². The van der Waals surface area contributed by atoms with E-state index in [1.54, 1.807) is 30.3 Å². The highest BCUT2D eigenvalue weighted by molar-refractivity contribution is 7.88. The standard InChI is InChI=1S/C16H16ClN7O3S/c17-11-6-20-16(21-7-11)22-8-12-5-14(24-15(18)23-12)27-13-3-1-10(2-4-13)9-28(19,25)26/h1-7H,8-9H2,(H2,18,23,24)(H2,19,25,26)(H,20,21,22). The number of primary sulfonamides is 1. The first kappa shape index (κ1) is 19.7. The summed E-state index contributed by atoms with van der Waals surface area (Å²) in [6.45, 7) is 0.290. The normalized spacial score (nSPS) is 11.2. The van der Waals surface area contributed by atoms with Gasteiger partial charge in [0.25, 0.3) is 0 Å². The molecule has 0 fully saturated rings. The smallest absolute Gasteiger partial charge is 0.224 e. The van der Waals surface area contributed by atoms with Crippen LogP contribution in [0.2, 0.25) is 5.02 Å². The fraction of sp³-hybridized carbons (Fsp3) is 0.125. The first-order chi connectivity index (χ1) is 13.3. The lowest BCUT2D eigenvalue weighted by atomic mass is 10.2. The number of ether oxygens (including phenoxy) is 1. The lowest BCUT2D eigenvalue weighted by Gasteiger charge is -2.09. The fourth-order valence-electron chi connectivity index (χ4n) is 2.21. The molecule has 0 saturated heterocycles. The molecular weight excluding hydrogens is 406 g/mol. The minimum Gasteiger partial charge on any atom is -0.439 e. The van der Waals surface area contributed by atoms with Crippen LogP contribution in [-0.4, -0.2) is 28.4 Å². The van der Waals surface area contributed by atoms with E-state index in [9.17, 15) is 8.42 Å². The van der Waals surface area contributed by atoms with Crippen molar-refractivity contribution in [3.8, 4) is 11.6 Å². The molecule has 10 nitrogen and oxygen atoms in total. The van der Waals surface area contributed by atoms with Gasteiger partial charge in [-0.3, -0.25) is 0 Å². The second-order valence-corrected chi connectivity index (χ2v) is 7.74. The molecule has 0 bridgehead atoms. The minimum absolute atomic E-state index is 0.0390. The highest BCUT2D eigenvalue weighted by atomic mass is 35.5. The lowest BCUT2D eigenvalue weighted by Crippen LogP contribution is -2.14. The Morgan fingerprint density at radius 1 is 1.11 bits per heavy atom. The zero-order valence-electron chi connectivity index (χ0n) is 14.4. The summed E-state index contributed by atoms with van der Waals surface area (Å²) in [5, 5.41) is 8.45. The summed E-state index contributed by atoms with van der Waals surface area (Å²) in [4.78, 5) is 16.2. The molecule has 2 heterocycles. The third-order valence-corrected chi connectivity index (χ3v) is 4.27. The second kappa shape index (κ2) is 8.33. The van der Waals surface area contributed by atoms with Gasteiger partial charge in [0.15, 0.2) is 0 Å². The van der Waals surface area contributed by atoms with Gasteiger partial charge in [-0.2, -0.15) is 4.98 Å². The summed E-state index contributed by atoms with van der Waals surface area (Å²) in [7, 11) is -3.59. The molecule has 146 valence electrons. The SMILES string of the molecule is Nc1nc(CNc2ncc(Cl)cn2)cc(Oc2ccc(CS(N)(=O)=O)cc2)n1. The minimum atomic E-state index is -3.59. The largest absolute Gasteiger partial charge is 0.439 e. The van der Waals surface area contributed by atoms with Gasteiger partial charge in [0.05, 0.1) is 35.4 Å². The molecule has 28 heavy (non-hydrogen) atoms. The summed E-state index contributed by atoms with van der Waals surface area (Å²) >= 11 is 5.75. The predicted molar refractivity (Wildman–Crippen MR) is 104 cm³/mol. The predicted octanol–water partition coefficient (Wildman–Crippen LogP) is 1.70. The van der Waals surface area contributed by atoms with Crippen LogP contribution in [0, 0.1) is 0 Å². The number of anilines is 2. The van der Waals surface area contributed by atoms with Crippen molar-refractivity contribution in [2.45, 2.75) is 12.3 Å². The maximum absolute atomic E-state index is 11.1. The van der Waals surface area contributed by atoms with Gasteiger partial charge < -0.3 is 15.8 Å². The molecular formula is C16H16ClN7O3S. The average Bonchev–Trinajstić information content (AvgIpc) is 2.61. The number of benzene rings is 1. The van der Waals surface area contributed by atoms with E-state index in [0.717, 1.165) is 0 Å². The molecule has 5 N–H and O–H groups in total. The monoisotopic (exact) mass is 421 g/mol. The summed E-state index contributed by atoms with van der Waals surface area (Å²) in [5.41, 5.74) is 6.84. The van der Waals surface area contributed by atoms with Crippen molar-refractivity contribution >= 4 is 33.5 Å². The van der Waals surface area contributed by atoms with E-state index in [0.29, 0.717) is 28.0 Å². The molecule has 0 atom stereocenters. The van der Waals surface area contributed by atoms with Crippen LogP contribution >= 0.6 is 11.6 Å². The van der Waals surface area contributed by atoms with Gasteiger partial charge in [-0.15, -0.1) is 0 Å². The molecule has 0 unspecified atom stereocenters. The van der Waals surface area contributed by atoms with Crippen LogP contribution in [0.15, 0.2) is 42.7 Å². The van der Waals surface area contributed by atoms with Crippen LogP contribution in [0.4, 0.5) is 11.9 Å². The van der Waals surface area contributed by atoms with Gasteiger partial charge >= 0.3 is 0 Å². The third kappa shape index (κ3) is 6.01. The number of halogens is 1. The summed E-state index contributed by atoms with van der Waals surface area (Å²) in [5.74, 6) is 0.861. The van der Waals surface area contributed by atoms with Gasteiger partial charge in [-0.25, -0.2) is 28.5 Å². The number of hydrogen-bond acceptors (Lipinski definition) is 9. The molecule has 0 aliphatic carbocycles. The Labute approximate surface area is 166 Å².